The van der Waals surface area contributed by atoms with E-state index in [0.717, 1.165) is 25.2 Å². The van der Waals surface area contributed by atoms with E-state index in [0.29, 0.717) is 25.5 Å². The standard InChI is InChI=1S/C18H27FN2O2/c1-14(2)17-13-20(10-11-23-3)9-8-18(22)21(17)12-15-4-6-16(19)7-5-15/h4-7,14,17H,8-13H2,1-3H3/t17-/m1/s1. The van der Waals surface area contributed by atoms with E-state index in [-0.39, 0.29) is 17.8 Å². The van der Waals surface area contributed by atoms with Gasteiger partial charge in [-0.25, -0.2) is 4.39 Å². The predicted octanol–water partition coefficient (Wildman–Crippen LogP) is 2.53. The summed E-state index contributed by atoms with van der Waals surface area (Å²) in [5.41, 5.74) is 0.968. The van der Waals surface area contributed by atoms with Crippen molar-refractivity contribution in [3.63, 3.8) is 0 Å². The van der Waals surface area contributed by atoms with Crippen molar-refractivity contribution in [1.82, 2.24) is 9.80 Å². The second-order valence-electron chi connectivity index (χ2n) is 6.50. The maximum Gasteiger partial charge on any atom is 0.224 e. The van der Waals surface area contributed by atoms with E-state index in [1.165, 1.54) is 12.1 Å². The van der Waals surface area contributed by atoms with Crippen molar-refractivity contribution in [2.45, 2.75) is 32.9 Å². The number of rotatable bonds is 6. The molecule has 0 saturated carbocycles. The number of amides is 1. The topological polar surface area (TPSA) is 32.8 Å². The van der Waals surface area contributed by atoms with E-state index in [1.54, 1.807) is 19.2 Å². The summed E-state index contributed by atoms with van der Waals surface area (Å²) < 4.78 is 18.2. The number of hydrogen-bond acceptors (Lipinski definition) is 3. The molecule has 0 N–H and O–H groups in total. The molecule has 0 unspecified atom stereocenters. The fourth-order valence-electron chi connectivity index (χ4n) is 3.02. The summed E-state index contributed by atoms with van der Waals surface area (Å²) in [6.07, 6.45) is 0.522. The van der Waals surface area contributed by atoms with Gasteiger partial charge in [-0.3, -0.25) is 9.69 Å². The van der Waals surface area contributed by atoms with Gasteiger partial charge in [0, 0.05) is 45.8 Å². The Balaban J connectivity index is 2.13. The van der Waals surface area contributed by atoms with Gasteiger partial charge in [-0.15, -0.1) is 0 Å². The molecule has 0 spiro atoms. The summed E-state index contributed by atoms with van der Waals surface area (Å²) in [7, 11) is 1.70. The fourth-order valence-corrected chi connectivity index (χ4v) is 3.02. The third-order valence-corrected chi connectivity index (χ3v) is 4.46. The number of ether oxygens (including phenoxy) is 1. The lowest BCUT2D eigenvalue weighted by Gasteiger charge is -2.34. The third-order valence-electron chi connectivity index (χ3n) is 4.46. The number of hydrogen-bond donors (Lipinski definition) is 0. The van der Waals surface area contributed by atoms with E-state index < -0.39 is 0 Å². The Labute approximate surface area is 138 Å². The SMILES string of the molecule is COCCN1CCC(=O)N(Cc2ccc(F)cc2)[C@@H](C(C)C)C1. The largest absolute Gasteiger partial charge is 0.383 e. The van der Waals surface area contributed by atoms with Crippen LogP contribution in [0.4, 0.5) is 4.39 Å². The zero-order valence-electron chi connectivity index (χ0n) is 14.3. The van der Waals surface area contributed by atoms with Gasteiger partial charge >= 0.3 is 0 Å². The first-order valence-electron chi connectivity index (χ1n) is 8.26. The highest BCUT2D eigenvalue weighted by atomic mass is 19.1. The molecule has 1 atom stereocenters. The Kier molecular flexibility index (Phi) is 6.54. The van der Waals surface area contributed by atoms with Crippen molar-refractivity contribution in [2.75, 3.05) is 33.4 Å². The Hall–Kier alpha value is -1.46. The van der Waals surface area contributed by atoms with Gasteiger partial charge in [0.15, 0.2) is 0 Å². The quantitative estimate of drug-likeness (QED) is 0.807. The molecule has 23 heavy (non-hydrogen) atoms. The normalized spacial score (nSPS) is 20.1. The van der Waals surface area contributed by atoms with Crippen molar-refractivity contribution in [2.24, 2.45) is 5.92 Å². The first kappa shape index (κ1) is 17.9. The molecule has 1 aromatic rings. The van der Waals surface area contributed by atoms with E-state index in [4.69, 9.17) is 4.74 Å². The molecular formula is C18H27FN2O2. The lowest BCUT2D eigenvalue weighted by atomic mass is 10.0. The van der Waals surface area contributed by atoms with E-state index >= 15 is 0 Å². The molecule has 4 nitrogen and oxygen atoms in total. The minimum atomic E-state index is -0.248. The van der Waals surface area contributed by atoms with Gasteiger partial charge in [0.1, 0.15) is 5.82 Å². The van der Waals surface area contributed by atoms with Crippen LogP contribution in [0.5, 0.6) is 0 Å². The molecule has 1 aliphatic heterocycles. The summed E-state index contributed by atoms with van der Waals surface area (Å²) in [5, 5.41) is 0. The van der Waals surface area contributed by atoms with Gasteiger partial charge in [0.2, 0.25) is 5.91 Å². The van der Waals surface area contributed by atoms with Crippen molar-refractivity contribution in [3.05, 3.63) is 35.6 Å². The van der Waals surface area contributed by atoms with Crippen molar-refractivity contribution >= 4 is 5.91 Å². The lowest BCUT2D eigenvalue weighted by molar-refractivity contribution is -0.134. The molecule has 1 aromatic carbocycles. The molecule has 0 aliphatic carbocycles. The smallest absolute Gasteiger partial charge is 0.224 e. The number of benzene rings is 1. The minimum Gasteiger partial charge on any atom is -0.383 e. The summed E-state index contributed by atoms with van der Waals surface area (Å²) in [6.45, 7) is 7.98. The second kappa shape index (κ2) is 8.41. The number of methoxy groups -OCH3 is 1. The Morgan fingerprint density at radius 3 is 2.61 bits per heavy atom. The van der Waals surface area contributed by atoms with Gasteiger partial charge in [-0.05, 0) is 23.6 Å². The molecule has 1 amide bonds. The van der Waals surface area contributed by atoms with Crippen LogP contribution >= 0.6 is 0 Å². The highest BCUT2D eigenvalue weighted by molar-refractivity contribution is 5.77. The summed E-state index contributed by atoms with van der Waals surface area (Å²) >= 11 is 0. The number of halogens is 1. The maximum absolute atomic E-state index is 13.1. The van der Waals surface area contributed by atoms with Crippen LogP contribution in [0.25, 0.3) is 0 Å². The predicted molar refractivity (Wildman–Crippen MR) is 88.5 cm³/mol. The van der Waals surface area contributed by atoms with Crippen LogP contribution in [-0.4, -0.2) is 55.1 Å². The van der Waals surface area contributed by atoms with Gasteiger partial charge in [0.05, 0.1) is 6.61 Å². The molecule has 0 bridgehead atoms. The molecule has 1 fully saturated rings. The molecular weight excluding hydrogens is 295 g/mol. The van der Waals surface area contributed by atoms with Crippen LogP contribution in [0.1, 0.15) is 25.8 Å². The van der Waals surface area contributed by atoms with Crippen LogP contribution in [0.2, 0.25) is 0 Å². The van der Waals surface area contributed by atoms with Gasteiger partial charge in [-0.2, -0.15) is 0 Å². The van der Waals surface area contributed by atoms with Crippen molar-refractivity contribution in [3.8, 4) is 0 Å². The Bertz CT molecular complexity index is 504. The van der Waals surface area contributed by atoms with Gasteiger partial charge in [0.25, 0.3) is 0 Å². The molecule has 0 radical (unpaired) electrons. The van der Waals surface area contributed by atoms with Gasteiger partial charge in [-0.1, -0.05) is 26.0 Å². The molecule has 128 valence electrons. The molecule has 1 aliphatic rings. The summed E-state index contributed by atoms with van der Waals surface area (Å²) in [5.74, 6) is 0.289. The molecule has 0 aromatic heterocycles. The van der Waals surface area contributed by atoms with Crippen LogP contribution in [0, 0.1) is 11.7 Å². The Morgan fingerprint density at radius 1 is 1.30 bits per heavy atom. The maximum atomic E-state index is 13.1. The van der Waals surface area contributed by atoms with Crippen LogP contribution in [0.3, 0.4) is 0 Å². The van der Waals surface area contributed by atoms with Crippen molar-refractivity contribution < 1.29 is 13.9 Å². The molecule has 1 heterocycles. The van der Waals surface area contributed by atoms with Crippen LogP contribution in [0.15, 0.2) is 24.3 Å². The van der Waals surface area contributed by atoms with Crippen LogP contribution in [-0.2, 0) is 16.1 Å². The highest BCUT2D eigenvalue weighted by Crippen LogP contribution is 2.21. The first-order chi connectivity index (χ1) is 11.0. The fraction of sp³-hybridized carbons (Fsp3) is 0.611. The first-order valence-corrected chi connectivity index (χ1v) is 8.26. The lowest BCUT2D eigenvalue weighted by Crippen LogP contribution is -2.46. The summed E-state index contributed by atoms with van der Waals surface area (Å²) in [4.78, 5) is 16.9. The number of carbonyl (C=O) groups excluding carboxylic acids is 1. The molecule has 2 rings (SSSR count). The van der Waals surface area contributed by atoms with E-state index in [2.05, 4.69) is 18.7 Å². The number of nitrogens with zero attached hydrogens (tertiary/aromatic N) is 2. The van der Waals surface area contributed by atoms with E-state index in [1.807, 2.05) is 4.90 Å². The Morgan fingerprint density at radius 2 is 2.00 bits per heavy atom. The average molecular weight is 322 g/mol. The monoisotopic (exact) mass is 322 g/mol. The van der Waals surface area contributed by atoms with Crippen molar-refractivity contribution in [1.29, 1.82) is 0 Å². The second-order valence-corrected chi connectivity index (χ2v) is 6.50. The molecule has 1 saturated heterocycles. The zero-order valence-corrected chi connectivity index (χ0v) is 14.3. The van der Waals surface area contributed by atoms with Crippen LogP contribution < -0.4 is 0 Å². The minimum absolute atomic E-state index is 0.159. The molecule has 5 heteroatoms. The highest BCUT2D eigenvalue weighted by Gasteiger charge is 2.31. The third kappa shape index (κ3) is 5.01. The zero-order chi connectivity index (χ0) is 16.8. The average Bonchev–Trinajstić information content (AvgIpc) is 2.68. The van der Waals surface area contributed by atoms with Gasteiger partial charge < -0.3 is 9.64 Å². The number of carbonyl (C=O) groups is 1. The van der Waals surface area contributed by atoms with E-state index in [9.17, 15) is 9.18 Å². The summed E-state index contributed by atoms with van der Waals surface area (Å²) in [6, 6.07) is 6.58.